The molecule has 1 rings (SSSR count). The predicted octanol–water partition coefficient (Wildman–Crippen LogP) is 1.47. The number of ether oxygens (including phenoxy) is 1. The summed E-state index contributed by atoms with van der Waals surface area (Å²) in [6.07, 6.45) is 0.695. The maximum Gasteiger partial charge on any atom is 0.306 e. The summed E-state index contributed by atoms with van der Waals surface area (Å²) in [4.78, 5) is 11.1. The van der Waals surface area contributed by atoms with Gasteiger partial charge in [0.25, 0.3) is 0 Å². The fourth-order valence-corrected chi connectivity index (χ4v) is 1.28. The molecule has 15 heavy (non-hydrogen) atoms. The SMILES string of the molecule is CCOC(=O)CCc1cccc(N)c1O. The zero-order valence-electron chi connectivity index (χ0n) is 8.69. The van der Waals surface area contributed by atoms with Gasteiger partial charge >= 0.3 is 5.97 Å². The van der Waals surface area contributed by atoms with Crippen molar-refractivity contribution in [1.82, 2.24) is 0 Å². The van der Waals surface area contributed by atoms with Gasteiger partial charge in [-0.2, -0.15) is 0 Å². The van der Waals surface area contributed by atoms with E-state index in [0.717, 1.165) is 0 Å². The van der Waals surface area contributed by atoms with Gasteiger partial charge in [0.05, 0.1) is 12.3 Å². The molecule has 3 N–H and O–H groups in total. The molecule has 0 bridgehead atoms. The van der Waals surface area contributed by atoms with Gasteiger partial charge in [-0.25, -0.2) is 0 Å². The van der Waals surface area contributed by atoms with Crippen LogP contribution in [0.2, 0.25) is 0 Å². The van der Waals surface area contributed by atoms with E-state index in [1.165, 1.54) is 0 Å². The molecule has 0 radical (unpaired) electrons. The number of aromatic hydroxyl groups is 1. The standard InChI is InChI=1S/C11H15NO3/c1-2-15-10(13)7-6-8-4-3-5-9(12)11(8)14/h3-5,14H,2,6-7,12H2,1H3. The van der Waals surface area contributed by atoms with Crippen molar-refractivity contribution in [3.05, 3.63) is 23.8 Å². The first-order valence-electron chi connectivity index (χ1n) is 4.87. The van der Waals surface area contributed by atoms with Crippen LogP contribution in [0.3, 0.4) is 0 Å². The van der Waals surface area contributed by atoms with Crippen LogP contribution in [0.1, 0.15) is 18.9 Å². The number of hydrogen-bond donors (Lipinski definition) is 2. The second-order valence-corrected chi connectivity index (χ2v) is 3.16. The van der Waals surface area contributed by atoms with Crippen molar-refractivity contribution < 1.29 is 14.6 Å². The van der Waals surface area contributed by atoms with Crippen LogP contribution in [-0.2, 0) is 16.0 Å². The van der Waals surface area contributed by atoms with Crippen molar-refractivity contribution in [2.24, 2.45) is 0 Å². The molecule has 0 saturated heterocycles. The third-order valence-corrected chi connectivity index (χ3v) is 2.05. The zero-order valence-corrected chi connectivity index (χ0v) is 8.69. The normalized spacial score (nSPS) is 9.93. The summed E-state index contributed by atoms with van der Waals surface area (Å²) < 4.78 is 4.78. The van der Waals surface area contributed by atoms with Crippen LogP contribution >= 0.6 is 0 Å². The number of para-hydroxylation sites is 1. The summed E-state index contributed by atoms with van der Waals surface area (Å²) in [6, 6.07) is 5.10. The van der Waals surface area contributed by atoms with Gasteiger partial charge in [-0.15, -0.1) is 0 Å². The number of rotatable bonds is 4. The highest BCUT2D eigenvalue weighted by atomic mass is 16.5. The molecular weight excluding hydrogens is 194 g/mol. The summed E-state index contributed by atoms with van der Waals surface area (Å²) in [5.74, 6) is -0.207. The molecule has 0 aliphatic rings. The van der Waals surface area contributed by atoms with Crippen LogP contribution in [0.5, 0.6) is 5.75 Å². The van der Waals surface area contributed by atoms with Crippen molar-refractivity contribution in [1.29, 1.82) is 0 Å². The van der Waals surface area contributed by atoms with Crippen LogP contribution in [0.4, 0.5) is 5.69 Å². The molecular formula is C11H15NO3. The van der Waals surface area contributed by atoms with E-state index < -0.39 is 0 Å². The first kappa shape index (κ1) is 11.4. The maximum absolute atomic E-state index is 11.1. The number of nitrogens with two attached hydrogens (primary N) is 1. The molecule has 0 aromatic heterocycles. The number of aryl methyl sites for hydroxylation is 1. The van der Waals surface area contributed by atoms with E-state index in [1.54, 1.807) is 25.1 Å². The van der Waals surface area contributed by atoms with E-state index in [4.69, 9.17) is 10.5 Å². The van der Waals surface area contributed by atoms with Crippen molar-refractivity contribution in [2.75, 3.05) is 12.3 Å². The molecule has 4 heteroatoms. The number of phenolic OH excluding ortho intramolecular Hbond substituents is 1. The lowest BCUT2D eigenvalue weighted by molar-refractivity contribution is -0.143. The number of esters is 1. The van der Waals surface area contributed by atoms with Crippen molar-refractivity contribution in [3.63, 3.8) is 0 Å². The van der Waals surface area contributed by atoms with E-state index in [0.29, 0.717) is 24.3 Å². The molecule has 82 valence electrons. The Hall–Kier alpha value is -1.71. The van der Waals surface area contributed by atoms with Crippen molar-refractivity contribution in [2.45, 2.75) is 19.8 Å². The first-order valence-corrected chi connectivity index (χ1v) is 4.87. The van der Waals surface area contributed by atoms with E-state index in [-0.39, 0.29) is 18.1 Å². The number of carbonyl (C=O) groups is 1. The fourth-order valence-electron chi connectivity index (χ4n) is 1.28. The van der Waals surface area contributed by atoms with E-state index in [1.807, 2.05) is 0 Å². The van der Waals surface area contributed by atoms with Gasteiger partial charge in [0.1, 0.15) is 5.75 Å². The number of benzene rings is 1. The Balaban J connectivity index is 2.58. The molecule has 0 saturated carbocycles. The minimum Gasteiger partial charge on any atom is -0.506 e. The molecule has 0 spiro atoms. The number of carbonyl (C=O) groups excluding carboxylic acids is 1. The van der Waals surface area contributed by atoms with Crippen LogP contribution < -0.4 is 5.73 Å². The first-order chi connectivity index (χ1) is 7.15. The molecule has 4 nitrogen and oxygen atoms in total. The van der Waals surface area contributed by atoms with E-state index in [9.17, 15) is 9.90 Å². The number of nitrogen functional groups attached to an aromatic ring is 1. The van der Waals surface area contributed by atoms with Crippen LogP contribution in [0.25, 0.3) is 0 Å². The van der Waals surface area contributed by atoms with Gasteiger partial charge in [0, 0.05) is 6.42 Å². The summed E-state index contributed by atoms with van der Waals surface area (Å²) >= 11 is 0. The Bertz CT molecular complexity index is 350. The number of anilines is 1. The predicted molar refractivity (Wildman–Crippen MR) is 57.5 cm³/mol. The van der Waals surface area contributed by atoms with Gasteiger partial charge in [-0.3, -0.25) is 4.79 Å². The molecule has 0 unspecified atom stereocenters. The third kappa shape index (κ3) is 3.16. The topological polar surface area (TPSA) is 72.5 Å². The van der Waals surface area contributed by atoms with Gasteiger partial charge in [-0.05, 0) is 25.0 Å². The monoisotopic (exact) mass is 209 g/mol. The molecule has 0 aliphatic carbocycles. The Morgan fingerprint density at radius 2 is 2.27 bits per heavy atom. The second-order valence-electron chi connectivity index (χ2n) is 3.16. The van der Waals surface area contributed by atoms with E-state index >= 15 is 0 Å². The molecule has 0 atom stereocenters. The van der Waals surface area contributed by atoms with Crippen molar-refractivity contribution in [3.8, 4) is 5.75 Å². The Labute approximate surface area is 88.7 Å². The zero-order chi connectivity index (χ0) is 11.3. The summed E-state index contributed by atoms with van der Waals surface area (Å²) in [5.41, 5.74) is 6.52. The average Bonchev–Trinajstić information content (AvgIpc) is 2.21. The molecule has 0 fully saturated rings. The van der Waals surface area contributed by atoms with Gasteiger partial charge in [0.2, 0.25) is 0 Å². The molecule has 0 amide bonds. The highest BCUT2D eigenvalue weighted by Gasteiger charge is 2.07. The number of phenols is 1. The molecule has 1 aromatic carbocycles. The largest absolute Gasteiger partial charge is 0.506 e. The third-order valence-electron chi connectivity index (χ3n) is 2.05. The Morgan fingerprint density at radius 3 is 2.93 bits per heavy atom. The van der Waals surface area contributed by atoms with Crippen LogP contribution in [0.15, 0.2) is 18.2 Å². The summed E-state index contributed by atoms with van der Waals surface area (Å²) in [7, 11) is 0. The van der Waals surface area contributed by atoms with Gasteiger partial charge in [-0.1, -0.05) is 12.1 Å². The van der Waals surface area contributed by atoms with E-state index in [2.05, 4.69) is 0 Å². The molecule has 0 aliphatic heterocycles. The lowest BCUT2D eigenvalue weighted by Gasteiger charge is -2.06. The van der Waals surface area contributed by atoms with Crippen LogP contribution in [-0.4, -0.2) is 17.7 Å². The smallest absolute Gasteiger partial charge is 0.306 e. The Morgan fingerprint density at radius 1 is 1.53 bits per heavy atom. The highest BCUT2D eigenvalue weighted by Crippen LogP contribution is 2.25. The van der Waals surface area contributed by atoms with Gasteiger partial charge in [0.15, 0.2) is 0 Å². The summed E-state index contributed by atoms with van der Waals surface area (Å²) in [5, 5.41) is 9.56. The van der Waals surface area contributed by atoms with Crippen LogP contribution in [0, 0.1) is 0 Å². The quantitative estimate of drug-likeness (QED) is 0.447. The second kappa shape index (κ2) is 5.24. The fraction of sp³-hybridized carbons (Fsp3) is 0.364. The average molecular weight is 209 g/mol. The summed E-state index contributed by atoms with van der Waals surface area (Å²) in [6.45, 7) is 2.14. The van der Waals surface area contributed by atoms with Gasteiger partial charge < -0.3 is 15.6 Å². The highest BCUT2D eigenvalue weighted by molar-refractivity contribution is 5.70. The minimum atomic E-state index is -0.265. The lowest BCUT2D eigenvalue weighted by Crippen LogP contribution is -2.05. The van der Waals surface area contributed by atoms with Crippen molar-refractivity contribution >= 4 is 11.7 Å². The molecule has 0 heterocycles. The molecule has 1 aromatic rings. The number of hydrogen-bond acceptors (Lipinski definition) is 4. The maximum atomic E-state index is 11.1. The lowest BCUT2D eigenvalue weighted by atomic mass is 10.1. The minimum absolute atomic E-state index is 0.0572. The Kier molecular flexibility index (Phi) is 3.97.